The molecule has 0 radical (unpaired) electrons. The van der Waals surface area contributed by atoms with Crippen molar-refractivity contribution in [2.75, 3.05) is 6.61 Å². The number of amides is 1. The Balaban J connectivity index is 1.74. The van der Waals surface area contributed by atoms with Crippen LogP contribution < -0.4 is 10.1 Å². The van der Waals surface area contributed by atoms with Gasteiger partial charge in [0.1, 0.15) is 0 Å². The number of nitrogens with one attached hydrogen (secondary N) is 1. The fraction of sp³-hybridized carbons (Fsp3) is 0.333. The van der Waals surface area contributed by atoms with E-state index < -0.39 is 0 Å². The molecule has 0 saturated heterocycles. The Labute approximate surface area is 145 Å². The van der Waals surface area contributed by atoms with Crippen LogP contribution in [0, 0.1) is 0 Å². The summed E-state index contributed by atoms with van der Waals surface area (Å²) in [5.74, 6) is 0.527. The summed E-state index contributed by atoms with van der Waals surface area (Å²) < 4.78 is 10.6. The molecule has 7 heteroatoms. The molecule has 3 aromatic rings. The number of nitrogens with zero attached hydrogens (tertiary/aromatic N) is 3. The lowest BCUT2D eigenvalue weighted by atomic mass is 10.1. The minimum absolute atomic E-state index is 0.190. The number of rotatable bonds is 6. The molecule has 0 spiro atoms. The first-order chi connectivity index (χ1) is 12.1. The Hall–Kier alpha value is -2.96. The average molecular weight is 340 g/mol. The molecule has 0 aliphatic rings. The topological polar surface area (TPSA) is 90.1 Å². The van der Waals surface area contributed by atoms with Crippen LogP contribution in [-0.2, 0) is 6.54 Å². The van der Waals surface area contributed by atoms with Gasteiger partial charge < -0.3 is 14.6 Å². The van der Waals surface area contributed by atoms with E-state index in [1.54, 1.807) is 12.3 Å². The first-order valence-electron chi connectivity index (χ1n) is 8.19. The van der Waals surface area contributed by atoms with Crippen molar-refractivity contribution in [2.45, 2.75) is 33.2 Å². The molecular weight excluding hydrogens is 320 g/mol. The summed E-state index contributed by atoms with van der Waals surface area (Å²) in [6, 6.07) is 5.41. The second kappa shape index (κ2) is 7.29. The SMILES string of the molecule is CCOc1cc(CNC(=O)c2cnc3onc(C(C)C)c3c2)ccn1. The third-order valence-corrected chi connectivity index (χ3v) is 3.71. The van der Waals surface area contributed by atoms with E-state index in [-0.39, 0.29) is 11.8 Å². The molecule has 130 valence electrons. The lowest BCUT2D eigenvalue weighted by Crippen LogP contribution is -2.23. The van der Waals surface area contributed by atoms with E-state index in [1.807, 2.05) is 32.9 Å². The number of hydrogen-bond donors (Lipinski definition) is 1. The molecule has 0 saturated carbocycles. The van der Waals surface area contributed by atoms with E-state index in [0.717, 1.165) is 16.6 Å². The Morgan fingerprint density at radius 1 is 1.32 bits per heavy atom. The minimum Gasteiger partial charge on any atom is -0.478 e. The molecule has 0 fully saturated rings. The Morgan fingerprint density at radius 3 is 2.92 bits per heavy atom. The molecule has 3 aromatic heterocycles. The van der Waals surface area contributed by atoms with Gasteiger partial charge in [0, 0.05) is 25.0 Å². The van der Waals surface area contributed by atoms with E-state index in [9.17, 15) is 4.79 Å². The fourth-order valence-electron chi connectivity index (χ4n) is 2.46. The predicted molar refractivity (Wildman–Crippen MR) is 92.5 cm³/mol. The van der Waals surface area contributed by atoms with Crippen LogP contribution in [0.15, 0.2) is 35.1 Å². The third-order valence-electron chi connectivity index (χ3n) is 3.71. The normalized spacial score (nSPS) is 11.0. The highest BCUT2D eigenvalue weighted by molar-refractivity contribution is 5.97. The van der Waals surface area contributed by atoms with E-state index >= 15 is 0 Å². The molecule has 25 heavy (non-hydrogen) atoms. The number of hydrogen-bond acceptors (Lipinski definition) is 6. The molecule has 7 nitrogen and oxygen atoms in total. The van der Waals surface area contributed by atoms with Gasteiger partial charge in [0.2, 0.25) is 5.88 Å². The van der Waals surface area contributed by atoms with Crippen molar-refractivity contribution in [1.29, 1.82) is 0 Å². The molecular formula is C18H20N4O3. The maximum Gasteiger partial charge on any atom is 0.257 e. The van der Waals surface area contributed by atoms with Gasteiger partial charge in [0.15, 0.2) is 0 Å². The van der Waals surface area contributed by atoms with Crippen LogP contribution in [0.1, 0.15) is 48.3 Å². The molecule has 1 amide bonds. The number of fused-ring (bicyclic) bond motifs is 1. The summed E-state index contributed by atoms with van der Waals surface area (Å²) in [6.45, 7) is 6.85. The number of ether oxygens (including phenoxy) is 1. The van der Waals surface area contributed by atoms with Crippen LogP contribution in [0.2, 0.25) is 0 Å². The van der Waals surface area contributed by atoms with Crippen LogP contribution in [-0.4, -0.2) is 27.6 Å². The monoisotopic (exact) mass is 340 g/mol. The Morgan fingerprint density at radius 2 is 2.16 bits per heavy atom. The van der Waals surface area contributed by atoms with Crippen LogP contribution in [0.4, 0.5) is 0 Å². The van der Waals surface area contributed by atoms with Crippen molar-refractivity contribution in [2.24, 2.45) is 0 Å². The largest absolute Gasteiger partial charge is 0.478 e. The van der Waals surface area contributed by atoms with Gasteiger partial charge in [-0.2, -0.15) is 0 Å². The van der Waals surface area contributed by atoms with Crippen LogP contribution in [0.25, 0.3) is 11.1 Å². The van der Waals surface area contributed by atoms with Gasteiger partial charge in [0.25, 0.3) is 11.6 Å². The van der Waals surface area contributed by atoms with E-state index in [0.29, 0.717) is 30.3 Å². The first kappa shape index (κ1) is 16.9. The molecule has 0 aliphatic carbocycles. The predicted octanol–water partition coefficient (Wildman–Crippen LogP) is 3.07. The van der Waals surface area contributed by atoms with Crippen molar-refractivity contribution in [3.05, 3.63) is 47.4 Å². The summed E-state index contributed by atoms with van der Waals surface area (Å²) in [7, 11) is 0. The smallest absolute Gasteiger partial charge is 0.257 e. The summed E-state index contributed by atoms with van der Waals surface area (Å²) >= 11 is 0. The van der Waals surface area contributed by atoms with Crippen molar-refractivity contribution in [3.63, 3.8) is 0 Å². The van der Waals surface area contributed by atoms with Gasteiger partial charge in [-0.25, -0.2) is 9.97 Å². The highest BCUT2D eigenvalue weighted by Crippen LogP contribution is 2.24. The molecule has 0 aliphatic heterocycles. The summed E-state index contributed by atoms with van der Waals surface area (Å²) in [5, 5.41) is 7.67. The third kappa shape index (κ3) is 3.76. The van der Waals surface area contributed by atoms with Gasteiger partial charge in [-0.3, -0.25) is 4.79 Å². The highest BCUT2D eigenvalue weighted by Gasteiger charge is 2.15. The van der Waals surface area contributed by atoms with Crippen molar-refractivity contribution < 1.29 is 14.1 Å². The number of carbonyl (C=O) groups is 1. The van der Waals surface area contributed by atoms with Crippen molar-refractivity contribution >= 4 is 17.0 Å². The first-order valence-corrected chi connectivity index (χ1v) is 8.19. The summed E-state index contributed by atoms with van der Waals surface area (Å²) in [6.07, 6.45) is 3.15. The van der Waals surface area contributed by atoms with E-state index in [1.165, 1.54) is 6.20 Å². The van der Waals surface area contributed by atoms with Gasteiger partial charge in [-0.05, 0) is 30.5 Å². The Bertz CT molecular complexity index is 889. The van der Waals surface area contributed by atoms with Crippen molar-refractivity contribution in [3.8, 4) is 5.88 Å². The lowest BCUT2D eigenvalue weighted by molar-refractivity contribution is 0.0950. The summed E-state index contributed by atoms with van der Waals surface area (Å²) in [4.78, 5) is 20.7. The van der Waals surface area contributed by atoms with Crippen LogP contribution >= 0.6 is 0 Å². The Kier molecular flexibility index (Phi) is 4.92. The highest BCUT2D eigenvalue weighted by atomic mass is 16.5. The number of pyridine rings is 2. The maximum absolute atomic E-state index is 12.4. The van der Waals surface area contributed by atoms with Gasteiger partial charge in [0.05, 0.1) is 23.3 Å². The van der Waals surface area contributed by atoms with Gasteiger partial charge in [-0.15, -0.1) is 0 Å². The molecule has 3 heterocycles. The fourth-order valence-corrected chi connectivity index (χ4v) is 2.46. The van der Waals surface area contributed by atoms with Crippen molar-refractivity contribution in [1.82, 2.24) is 20.4 Å². The molecule has 0 unspecified atom stereocenters. The van der Waals surface area contributed by atoms with Crippen LogP contribution in [0.3, 0.4) is 0 Å². The second-order valence-electron chi connectivity index (χ2n) is 5.92. The second-order valence-corrected chi connectivity index (χ2v) is 5.92. The maximum atomic E-state index is 12.4. The zero-order valence-corrected chi connectivity index (χ0v) is 14.4. The number of carbonyl (C=O) groups excluding carboxylic acids is 1. The average Bonchev–Trinajstić information content (AvgIpc) is 3.03. The quantitative estimate of drug-likeness (QED) is 0.741. The van der Waals surface area contributed by atoms with E-state index in [2.05, 4.69) is 20.4 Å². The minimum atomic E-state index is -0.208. The zero-order valence-electron chi connectivity index (χ0n) is 14.4. The van der Waals surface area contributed by atoms with Crippen LogP contribution in [0.5, 0.6) is 5.88 Å². The van der Waals surface area contributed by atoms with Gasteiger partial charge >= 0.3 is 0 Å². The van der Waals surface area contributed by atoms with E-state index in [4.69, 9.17) is 9.26 Å². The molecule has 3 rings (SSSR count). The molecule has 1 N–H and O–H groups in total. The zero-order chi connectivity index (χ0) is 17.8. The molecule has 0 atom stereocenters. The standard InChI is InChI=1S/C18H20N4O3/c1-4-24-15-7-12(5-6-19-15)9-20-17(23)13-8-14-16(11(2)3)22-25-18(14)21-10-13/h5-8,10-11H,4,9H2,1-3H3,(H,20,23). The molecule has 0 aromatic carbocycles. The lowest BCUT2D eigenvalue weighted by Gasteiger charge is -2.07. The van der Waals surface area contributed by atoms with Gasteiger partial charge in [-0.1, -0.05) is 19.0 Å². The number of aromatic nitrogens is 3. The molecule has 0 bridgehead atoms. The summed E-state index contributed by atoms with van der Waals surface area (Å²) in [5.41, 5.74) is 2.62.